The van der Waals surface area contributed by atoms with Gasteiger partial charge in [-0.05, 0) is 12.1 Å². The lowest BCUT2D eigenvalue weighted by Crippen LogP contribution is -2.13. The molecule has 94 valence electrons. The summed E-state index contributed by atoms with van der Waals surface area (Å²) in [5.74, 6) is 6.55. The quantitative estimate of drug-likeness (QED) is 0.445. The topological polar surface area (TPSA) is 115 Å². The average Bonchev–Trinajstić information content (AvgIpc) is 2.39. The highest BCUT2D eigenvalue weighted by molar-refractivity contribution is 5.50. The van der Waals surface area contributed by atoms with Gasteiger partial charge in [-0.3, -0.25) is 4.98 Å². The predicted molar refractivity (Wildman–Crippen MR) is 70.7 cm³/mol. The summed E-state index contributed by atoms with van der Waals surface area (Å²) < 4.78 is 0. The zero-order chi connectivity index (χ0) is 12.8. The van der Waals surface area contributed by atoms with Gasteiger partial charge in [-0.15, -0.1) is 0 Å². The van der Waals surface area contributed by atoms with Crippen molar-refractivity contribution in [1.29, 1.82) is 0 Å². The molecule has 0 atom stereocenters. The fraction of sp³-hybridized carbons (Fsp3) is 0.182. The number of aromatic nitrogens is 3. The predicted octanol–water partition coefficient (Wildman–Crippen LogP) is 0.394. The number of hydrazine groups is 1. The van der Waals surface area contributed by atoms with Crippen LogP contribution in [0.25, 0.3) is 0 Å². The second-order valence-corrected chi connectivity index (χ2v) is 3.64. The Labute approximate surface area is 105 Å². The van der Waals surface area contributed by atoms with Gasteiger partial charge in [0, 0.05) is 30.9 Å². The Balaban J connectivity index is 1.92. The van der Waals surface area contributed by atoms with Gasteiger partial charge in [0.15, 0.2) is 0 Å². The van der Waals surface area contributed by atoms with Crippen molar-refractivity contribution in [3.05, 3.63) is 36.2 Å². The Morgan fingerprint density at radius 2 is 2.00 bits per heavy atom. The lowest BCUT2D eigenvalue weighted by Gasteiger charge is -2.07. The molecule has 0 radical (unpaired) electrons. The van der Waals surface area contributed by atoms with E-state index in [0.717, 1.165) is 12.1 Å². The summed E-state index contributed by atoms with van der Waals surface area (Å²) in [5.41, 5.74) is 9.00. The van der Waals surface area contributed by atoms with Crippen LogP contribution >= 0.6 is 0 Å². The smallest absolute Gasteiger partial charge is 0.223 e. The molecule has 18 heavy (non-hydrogen) atoms. The molecule has 7 nitrogen and oxygen atoms in total. The van der Waals surface area contributed by atoms with E-state index < -0.39 is 0 Å². The van der Waals surface area contributed by atoms with Crippen LogP contribution in [0.3, 0.4) is 0 Å². The summed E-state index contributed by atoms with van der Waals surface area (Å²) in [4.78, 5) is 12.2. The second-order valence-electron chi connectivity index (χ2n) is 3.64. The van der Waals surface area contributed by atoms with Crippen molar-refractivity contribution in [1.82, 2.24) is 15.0 Å². The molecular weight excluding hydrogens is 230 g/mol. The molecule has 7 heteroatoms. The Bertz CT molecular complexity index is 500. The molecule has 2 aromatic heterocycles. The minimum absolute atomic E-state index is 0.172. The molecule has 0 aliphatic carbocycles. The van der Waals surface area contributed by atoms with E-state index in [-0.39, 0.29) is 5.95 Å². The Kier molecular flexibility index (Phi) is 3.87. The molecule has 0 amide bonds. The summed E-state index contributed by atoms with van der Waals surface area (Å²) in [6.07, 6.45) is 2.57. The van der Waals surface area contributed by atoms with Crippen molar-refractivity contribution in [2.45, 2.75) is 6.42 Å². The van der Waals surface area contributed by atoms with E-state index in [4.69, 9.17) is 11.6 Å². The number of nitrogens with two attached hydrogens (primary N) is 2. The van der Waals surface area contributed by atoms with Gasteiger partial charge in [0.05, 0.1) is 0 Å². The first-order valence-electron chi connectivity index (χ1n) is 5.53. The SMILES string of the molecule is NNc1cc(NCCc2ccccn2)nc(N)n1. The third-order valence-electron chi connectivity index (χ3n) is 2.30. The second kappa shape index (κ2) is 5.78. The number of nitrogens with one attached hydrogen (secondary N) is 2. The fourth-order valence-electron chi connectivity index (χ4n) is 1.50. The molecule has 0 unspecified atom stereocenters. The van der Waals surface area contributed by atoms with Gasteiger partial charge >= 0.3 is 0 Å². The molecule has 0 aliphatic rings. The van der Waals surface area contributed by atoms with Crippen LogP contribution in [0, 0.1) is 0 Å². The Morgan fingerprint density at radius 1 is 1.17 bits per heavy atom. The zero-order valence-corrected chi connectivity index (χ0v) is 9.80. The van der Waals surface area contributed by atoms with E-state index >= 15 is 0 Å². The number of hydrogen-bond donors (Lipinski definition) is 4. The maximum absolute atomic E-state index is 5.55. The molecule has 2 heterocycles. The Morgan fingerprint density at radius 3 is 2.72 bits per heavy atom. The van der Waals surface area contributed by atoms with Crippen molar-refractivity contribution in [2.75, 3.05) is 23.0 Å². The summed E-state index contributed by atoms with van der Waals surface area (Å²) >= 11 is 0. The molecule has 6 N–H and O–H groups in total. The van der Waals surface area contributed by atoms with Gasteiger partial charge in [-0.2, -0.15) is 9.97 Å². The van der Waals surface area contributed by atoms with Crippen LogP contribution in [-0.2, 0) is 6.42 Å². The van der Waals surface area contributed by atoms with Crippen molar-refractivity contribution >= 4 is 17.6 Å². The van der Waals surface area contributed by atoms with Crippen molar-refractivity contribution in [2.24, 2.45) is 5.84 Å². The van der Waals surface area contributed by atoms with Crippen LogP contribution in [-0.4, -0.2) is 21.5 Å². The van der Waals surface area contributed by atoms with E-state index in [0.29, 0.717) is 18.2 Å². The molecule has 2 rings (SSSR count). The van der Waals surface area contributed by atoms with E-state index in [1.54, 1.807) is 12.3 Å². The third-order valence-corrected chi connectivity index (χ3v) is 2.30. The molecule has 0 saturated carbocycles. The monoisotopic (exact) mass is 245 g/mol. The van der Waals surface area contributed by atoms with Gasteiger partial charge in [-0.1, -0.05) is 6.07 Å². The number of pyridine rings is 1. The zero-order valence-electron chi connectivity index (χ0n) is 9.80. The highest BCUT2D eigenvalue weighted by Crippen LogP contribution is 2.11. The van der Waals surface area contributed by atoms with Crippen molar-refractivity contribution < 1.29 is 0 Å². The fourth-order valence-corrected chi connectivity index (χ4v) is 1.50. The third kappa shape index (κ3) is 3.29. The van der Waals surface area contributed by atoms with Crippen LogP contribution in [0.5, 0.6) is 0 Å². The maximum atomic E-state index is 5.55. The van der Waals surface area contributed by atoms with Crippen LogP contribution < -0.4 is 22.3 Å². The molecule has 2 aromatic rings. The van der Waals surface area contributed by atoms with Gasteiger partial charge in [0.25, 0.3) is 0 Å². The van der Waals surface area contributed by atoms with Gasteiger partial charge in [0.2, 0.25) is 5.95 Å². The van der Waals surface area contributed by atoms with Gasteiger partial charge in [-0.25, -0.2) is 5.84 Å². The lowest BCUT2D eigenvalue weighted by molar-refractivity contribution is 0.952. The van der Waals surface area contributed by atoms with Crippen molar-refractivity contribution in [3.8, 4) is 0 Å². The first-order chi connectivity index (χ1) is 8.78. The molecule has 0 bridgehead atoms. The highest BCUT2D eigenvalue weighted by Gasteiger charge is 2.01. The molecule has 0 fully saturated rings. The molecule has 0 aromatic carbocycles. The average molecular weight is 245 g/mol. The normalized spacial score (nSPS) is 10.1. The standard InChI is InChI=1S/C11H15N7/c12-11-16-9(7-10(17-11)18-13)15-6-4-8-3-1-2-5-14-8/h1-3,5,7H,4,6,13H2,(H4,12,15,16,17,18). The van der Waals surface area contributed by atoms with E-state index in [9.17, 15) is 0 Å². The minimum Gasteiger partial charge on any atom is -0.369 e. The first kappa shape index (κ1) is 12.1. The van der Waals surface area contributed by atoms with Crippen LogP contribution in [0.1, 0.15) is 5.69 Å². The highest BCUT2D eigenvalue weighted by atomic mass is 15.3. The lowest BCUT2D eigenvalue weighted by atomic mass is 10.3. The summed E-state index contributed by atoms with van der Waals surface area (Å²) in [6.45, 7) is 0.706. The number of nitrogens with zero attached hydrogens (tertiary/aromatic N) is 3. The van der Waals surface area contributed by atoms with Gasteiger partial charge < -0.3 is 16.5 Å². The number of hydrogen-bond acceptors (Lipinski definition) is 7. The summed E-state index contributed by atoms with van der Waals surface area (Å²) in [5, 5.41) is 3.14. The van der Waals surface area contributed by atoms with E-state index in [1.807, 2.05) is 18.2 Å². The van der Waals surface area contributed by atoms with E-state index in [1.165, 1.54) is 0 Å². The minimum atomic E-state index is 0.172. The number of nitrogen functional groups attached to an aromatic ring is 2. The molecule has 0 aliphatic heterocycles. The summed E-state index contributed by atoms with van der Waals surface area (Å²) in [7, 11) is 0. The van der Waals surface area contributed by atoms with Crippen LogP contribution in [0.2, 0.25) is 0 Å². The molecule has 0 saturated heterocycles. The maximum Gasteiger partial charge on any atom is 0.223 e. The molecule has 0 spiro atoms. The van der Waals surface area contributed by atoms with Crippen LogP contribution in [0.15, 0.2) is 30.5 Å². The molecular formula is C11H15N7. The summed E-state index contributed by atoms with van der Waals surface area (Å²) in [6, 6.07) is 7.51. The van der Waals surface area contributed by atoms with E-state index in [2.05, 4.69) is 25.7 Å². The number of rotatable bonds is 5. The largest absolute Gasteiger partial charge is 0.369 e. The number of anilines is 3. The van der Waals surface area contributed by atoms with Crippen LogP contribution in [0.4, 0.5) is 17.6 Å². The van der Waals surface area contributed by atoms with Crippen molar-refractivity contribution in [3.63, 3.8) is 0 Å². The first-order valence-corrected chi connectivity index (χ1v) is 5.53. The van der Waals surface area contributed by atoms with Gasteiger partial charge in [0.1, 0.15) is 11.6 Å². The Hall–Kier alpha value is -2.41.